The second-order valence-electron chi connectivity index (χ2n) is 6.40. The summed E-state index contributed by atoms with van der Waals surface area (Å²) in [7, 11) is 3.55. The third kappa shape index (κ3) is 3.38. The normalized spacial score (nSPS) is 26.1. The largest absolute Gasteiger partial charge is 0.494 e. The van der Waals surface area contributed by atoms with Gasteiger partial charge in [0.05, 0.1) is 7.11 Å². The molecule has 0 aromatic heterocycles. The summed E-state index contributed by atoms with van der Waals surface area (Å²) in [5.74, 6) is 0.815. The van der Waals surface area contributed by atoms with Gasteiger partial charge in [-0.1, -0.05) is 19.1 Å². The molecule has 3 nitrogen and oxygen atoms in total. The highest BCUT2D eigenvalue weighted by atomic mass is 19.1. The van der Waals surface area contributed by atoms with E-state index in [9.17, 15) is 4.39 Å². The molecule has 1 aromatic rings. The molecule has 118 valence electrons. The van der Waals surface area contributed by atoms with Gasteiger partial charge in [-0.25, -0.2) is 4.39 Å². The molecule has 1 saturated carbocycles. The highest BCUT2D eigenvalue weighted by molar-refractivity contribution is 5.31. The summed E-state index contributed by atoms with van der Waals surface area (Å²) in [6.45, 7) is 3.48. The SMILES string of the molecule is COc1cccc(CN(C)C2(CN)CCC(C)CC2)c1F. The zero-order valence-electron chi connectivity index (χ0n) is 13.4. The fraction of sp³-hybridized carbons (Fsp3) is 0.647. The molecular weight excluding hydrogens is 267 g/mol. The van der Waals surface area contributed by atoms with E-state index in [1.807, 2.05) is 12.1 Å². The van der Waals surface area contributed by atoms with E-state index in [0.717, 1.165) is 18.8 Å². The lowest BCUT2D eigenvalue weighted by Gasteiger charge is -2.45. The van der Waals surface area contributed by atoms with Gasteiger partial charge in [-0.05, 0) is 44.7 Å². The first kappa shape index (κ1) is 16.2. The van der Waals surface area contributed by atoms with Crippen LogP contribution in [0, 0.1) is 11.7 Å². The maximum absolute atomic E-state index is 14.3. The average molecular weight is 294 g/mol. The van der Waals surface area contributed by atoms with E-state index in [-0.39, 0.29) is 11.4 Å². The molecule has 1 fully saturated rings. The standard InChI is InChI=1S/C17H27FN2O/c1-13-7-9-17(12-19,10-8-13)20(2)11-14-5-4-6-15(21-3)16(14)18/h4-6,13H,7-12,19H2,1-3H3. The van der Waals surface area contributed by atoms with Crippen molar-refractivity contribution in [3.8, 4) is 5.75 Å². The third-order valence-corrected chi connectivity index (χ3v) is 5.07. The summed E-state index contributed by atoms with van der Waals surface area (Å²) < 4.78 is 19.4. The number of hydrogen-bond acceptors (Lipinski definition) is 3. The van der Waals surface area contributed by atoms with Gasteiger partial charge < -0.3 is 10.5 Å². The van der Waals surface area contributed by atoms with Gasteiger partial charge in [0.2, 0.25) is 0 Å². The summed E-state index contributed by atoms with van der Waals surface area (Å²) in [5, 5.41) is 0. The highest BCUT2D eigenvalue weighted by Crippen LogP contribution is 2.36. The summed E-state index contributed by atoms with van der Waals surface area (Å²) in [6, 6.07) is 5.31. The maximum Gasteiger partial charge on any atom is 0.169 e. The number of ether oxygens (including phenoxy) is 1. The van der Waals surface area contributed by atoms with Gasteiger partial charge in [-0.15, -0.1) is 0 Å². The Labute approximate surface area is 127 Å². The van der Waals surface area contributed by atoms with Crippen LogP contribution in [0.25, 0.3) is 0 Å². The van der Waals surface area contributed by atoms with Crippen molar-refractivity contribution in [1.29, 1.82) is 0 Å². The van der Waals surface area contributed by atoms with Crippen molar-refractivity contribution < 1.29 is 9.13 Å². The van der Waals surface area contributed by atoms with Gasteiger partial charge in [-0.3, -0.25) is 4.90 Å². The Morgan fingerprint density at radius 3 is 2.62 bits per heavy atom. The zero-order chi connectivity index (χ0) is 15.5. The first-order chi connectivity index (χ1) is 10.0. The fourth-order valence-corrected chi connectivity index (χ4v) is 3.30. The molecule has 0 radical (unpaired) electrons. The van der Waals surface area contributed by atoms with Gasteiger partial charge in [0.15, 0.2) is 11.6 Å². The molecule has 1 aliphatic carbocycles. The lowest BCUT2D eigenvalue weighted by molar-refractivity contribution is 0.0606. The molecule has 0 unspecified atom stereocenters. The molecular formula is C17H27FN2O. The Morgan fingerprint density at radius 2 is 2.05 bits per heavy atom. The van der Waals surface area contributed by atoms with Crippen molar-refractivity contribution in [1.82, 2.24) is 4.90 Å². The summed E-state index contributed by atoms with van der Waals surface area (Å²) in [6.07, 6.45) is 4.57. The van der Waals surface area contributed by atoms with Crippen molar-refractivity contribution in [2.24, 2.45) is 11.7 Å². The van der Waals surface area contributed by atoms with Gasteiger partial charge in [0, 0.05) is 24.2 Å². The van der Waals surface area contributed by atoms with Gasteiger partial charge in [-0.2, -0.15) is 0 Å². The van der Waals surface area contributed by atoms with Crippen molar-refractivity contribution in [3.05, 3.63) is 29.6 Å². The van der Waals surface area contributed by atoms with Crippen molar-refractivity contribution >= 4 is 0 Å². The molecule has 4 heteroatoms. The molecule has 0 spiro atoms. The van der Waals surface area contributed by atoms with Crippen LogP contribution in [0.5, 0.6) is 5.75 Å². The van der Waals surface area contributed by atoms with Crippen molar-refractivity contribution in [2.75, 3.05) is 20.7 Å². The molecule has 0 aliphatic heterocycles. The molecule has 0 heterocycles. The molecule has 0 amide bonds. The van der Waals surface area contributed by atoms with Gasteiger partial charge in [0.1, 0.15) is 0 Å². The highest BCUT2D eigenvalue weighted by Gasteiger charge is 2.36. The maximum atomic E-state index is 14.3. The molecule has 0 saturated heterocycles. The van der Waals surface area contributed by atoms with Crippen LogP contribution in [0.2, 0.25) is 0 Å². The molecule has 2 N–H and O–H groups in total. The topological polar surface area (TPSA) is 38.5 Å². The van der Waals surface area contributed by atoms with Crippen LogP contribution in [-0.2, 0) is 6.54 Å². The Hall–Kier alpha value is -1.13. The number of benzene rings is 1. The minimum Gasteiger partial charge on any atom is -0.494 e. The predicted molar refractivity (Wildman–Crippen MR) is 83.8 cm³/mol. The van der Waals surface area contributed by atoms with E-state index < -0.39 is 0 Å². The smallest absolute Gasteiger partial charge is 0.169 e. The first-order valence-electron chi connectivity index (χ1n) is 7.75. The zero-order valence-corrected chi connectivity index (χ0v) is 13.4. The van der Waals surface area contributed by atoms with Crippen LogP contribution in [0.15, 0.2) is 18.2 Å². The molecule has 0 bridgehead atoms. The van der Waals surface area contributed by atoms with Crippen LogP contribution >= 0.6 is 0 Å². The summed E-state index contributed by atoms with van der Waals surface area (Å²) in [4.78, 5) is 2.23. The lowest BCUT2D eigenvalue weighted by Crippen LogP contribution is -2.53. The number of likely N-dealkylation sites (N-methyl/N-ethyl adjacent to an activating group) is 1. The van der Waals surface area contributed by atoms with E-state index in [1.54, 1.807) is 6.07 Å². The first-order valence-corrected chi connectivity index (χ1v) is 7.75. The van der Waals surface area contributed by atoms with Crippen LogP contribution in [0.3, 0.4) is 0 Å². The predicted octanol–water partition coefficient (Wildman–Crippen LogP) is 3.17. The summed E-state index contributed by atoms with van der Waals surface area (Å²) in [5.41, 5.74) is 6.74. The average Bonchev–Trinajstić information content (AvgIpc) is 2.50. The number of nitrogens with two attached hydrogens (primary N) is 1. The van der Waals surface area contributed by atoms with Crippen molar-refractivity contribution in [3.63, 3.8) is 0 Å². The lowest BCUT2D eigenvalue weighted by atomic mass is 9.76. The Balaban J connectivity index is 2.14. The Morgan fingerprint density at radius 1 is 1.38 bits per heavy atom. The van der Waals surface area contributed by atoms with Gasteiger partial charge in [0.25, 0.3) is 0 Å². The van der Waals surface area contributed by atoms with E-state index in [2.05, 4.69) is 18.9 Å². The number of halogens is 1. The van der Waals surface area contributed by atoms with E-state index in [4.69, 9.17) is 10.5 Å². The minimum absolute atomic E-state index is 0.00201. The minimum atomic E-state index is -0.261. The van der Waals surface area contributed by atoms with E-state index in [1.165, 1.54) is 20.0 Å². The van der Waals surface area contributed by atoms with Crippen LogP contribution in [0.1, 0.15) is 38.2 Å². The molecule has 2 rings (SSSR count). The number of rotatable bonds is 5. The summed E-state index contributed by atoms with van der Waals surface area (Å²) >= 11 is 0. The molecule has 1 aromatic carbocycles. The number of methoxy groups -OCH3 is 1. The van der Waals surface area contributed by atoms with Gasteiger partial charge >= 0.3 is 0 Å². The van der Waals surface area contributed by atoms with Crippen LogP contribution in [-0.4, -0.2) is 31.1 Å². The monoisotopic (exact) mass is 294 g/mol. The molecule has 0 atom stereocenters. The third-order valence-electron chi connectivity index (χ3n) is 5.07. The Bertz CT molecular complexity index is 470. The number of hydrogen-bond donors (Lipinski definition) is 1. The van der Waals surface area contributed by atoms with Crippen molar-refractivity contribution in [2.45, 2.75) is 44.7 Å². The molecule has 21 heavy (non-hydrogen) atoms. The fourth-order valence-electron chi connectivity index (χ4n) is 3.30. The van der Waals surface area contributed by atoms with E-state index >= 15 is 0 Å². The van der Waals surface area contributed by atoms with Crippen LogP contribution < -0.4 is 10.5 Å². The molecule has 1 aliphatic rings. The Kier molecular flexibility index (Phi) is 5.22. The second-order valence-corrected chi connectivity index (χ2v) is 6.40. The second kappa shape index (κ2) is 6.75. The quantitative estimate of drug-likeness (QED) is 0.906. The van der Waals surface area contributed by atoms with Crippen LogP contribution in [0.4, 0.5) is 4.39 Å². The number of nitrogens with zero attached hydrogens (tertiary/aromatic N) is 1. The van der Waals surface area contributed by atoms with E-state index in [0.29, 0.717) is 24.4 Å².